The largest absolute Gasteiger partial charge is 0.494 e. The Balaban J connectivity index is 2.71. The van der Waals surface area contributed by atoms with Gasteiger partial charge in [-0.15, -0.1) is 0 Å². The van der Waals surface area contributed by atoms with E-state index in [4.69, 9.17) is 9.47 Å². The molecule has 0 saturated carbocycles. The molecule has 0 radical (unpaired) electrons. The number of methoxy groups -OCH3 is 1. The molecule has 0 saturated heterocycles. The van der Waals surface area contributed by atoms with Crippen molar-refractivity contribution in [1.82, 2.24) is 0 Å². The van der Waals surface area contributed by atoms with E-state index in [1.165, 1.54) is 5.56 Å². The molecule has 1 unspecified atom stereocenters. The number of hydrogen-bond acceptors (Lipinski definition) is 2. The molecule has 2 heteroatoms. The summed E-state index contributed by atoms with van der Waals surface area (Å²) in [5.74, 6) is 0.919. The van der Waals surface area contributed by atoms with Crippen LogP contribution in [0.25, 0.3) is 0 Å². The van der Waals surface area contributed by atoms with Crippen LogP contribution in [-0.2, 0) is 4.74 Å². The molecule has 14 heavy (non-hydrogen) atoms. The molecule has 78 valence electrons. The predicted molar refractivity (Wildman–Crippen MR) is 57.7 cm³/mol. The van der Waals surface area contributed by atoms with Gasteiger partial charge in [-0.25, -0.2) is 0 Å². The van der Waals surface area contributed by atoms with Gasteiger partial charge in [-0.2, -0.15) is 0 Å². The van der Waals surface area contributed by atoms with Crippen LogP contribution in [0.4, 0.5) is 0 Å². The molecule has 0 aliphatic rings. The highest BCUT2D eigenvalue weighted by molar-refractivity contribution is 5.28. The van der Waals surface area contributed by atoms with Gasteiger partial charge < -0.3 is 9.47 Å². The summed E-state index contributed by atoms with van der Waals surface area (Å²) in [6.45, 7) is 4.81. The van der Waals surface area contributed by atoms with Gasteiger partial charge in [0.15, 0.2) is 0 Å². The zero-order valence-electron chi connectivity index (χ0n) is 9.12. The third-order valence-corrected chi connectivity index (χ3v) is 2.22. The van der Waals surface area contributed by atoms with Gasteiger partial charge in [0, 0.05) is 7.11 Å². The Morgan fingerprint density at radius 3 is 2.21 bits per heavy atom. The fourth-order valence-corrected chi connectivity index (χ4v) is 1.48. The highest BCUT2D eigenvalue weighted by Crippen LogP contribution is 2.22. The first-order valence-electron chi connectivity index (χ1n) is 5.07. The average molecular weight is 194 g/mol. The molecular formula is C12H18O2. The van der Waals surface area contributed by atoms with E-state index in [0.29, 0.717) is 6.61 Å². The lowest BCUT2D eigenvalue weighted by atomic mass is 10.1. The molecule has 0 heterocycles. The number of rotatable bonds is 5. The maximum atomic E-state index is 5.37. The summed E-state index contributed by atoms with van der Waals surface area (Å²) >= 11 is 0. The Labute approximate surface area is 85.8 Å². The maximum absolute atomic E-state index is 5.37. The minimum atomic E-state index is 0.200. The van der Waals surface area contributed by atoms with Gasteiger partial charge >= 0.3 is 0 Å². The zero-order chi connectivity index (χ0) is 10.4. The van der Waals surface area contributed by atoms with E-state index in [-0.39, 0.29) is 6.10 Å². The highest BCUT2D eigenvalue weighted by atomic mass is 16.5. The van der Waals surface area contributed by atoms with Gasteiger partial charge in [0.1, 0.15) is 5.75 Å². The summed E-state index contributed by atoms with van der Waals surface area (Å²) in [5.41, 5.74) is 1.21. The minimum absolute atomic E-state index is 0.200. The van der Waals surface area contributed by atoms with Crippen molar-refractivity contribution in [3.63, 3.8) is 0 Å². The fourth-order valence-electron chi connectivity index (χ4n) is 1.48. The summed E-state index contributed by atoms with van der Waals surface area (Å²) in [7, 11) is 1.74. The second kappa shape index (κ2) is 5.66. The molecule has 0 fully saturated rings. The molecule has 0 spiro atoms. The molecule has 0 aromatic heterocycles. The van der Waals surface area contributed by atoms with Gasteiger partial charge in [-0.1, -0.05) is 19.1 Å². The molecule has 0 amide bonds. The molecule has 0 N–H and O–H groups in total. The van der Waals surface area contributed by atoms with Gasteiger partial charge in [-0.3, -0.25) is 0 Å². The van der Waals surface area contributed by atoms with E-state index < -0.39 is 0 Å². The van der Waals surface area contributed by atoms with Crippen molar-refractivity contribution >= 4 is 0 Å². The summed E-state index contributed by atoms with van der Waals surface area (Å²) in [6.07, 6.45) is 1.19. The topological polar surface area (TPSA) is 18.5 Å². The number of ether oxygens (including phenoxy) is 2. The fraction of sp³-hybridized carbons (Fsp3) is 0.500. The van der Waals surface area contributed by atoms with E-state index in [0.717, 1.165) is 12.2 Å². The van der Waals surface area contributed by atoms with Crippen molar-refractivity contribution in [2.45, 2.75) is 26.4 Å². The molecule has 1 aromatic rings. The molecule has 1 aromatic carbocycles. The summed E-state index contributed by atoms with van der Waals surface area (Å²) in [5, 5.41) is 0. The summed E-state index contributed by atoms with van der Waals surface area (Å²) in [4.78, 5) is 0. The maximum Gasteiger partial charge on any atom is 0.119 e. The summed E-state index contributed by atoms with van der Waals surface area (Å²) in [6, 6.07) is 8.09. The summed E-state index contributed by atoms with van der Waals surface area (Å²) < 4.78 is 10.7. The van der Waals surface area contributed by atoms with Gasteiger partial charge in [0.05, 0.1) is 12.7 Å². The van der Waals surface area contributed by atoms with Crippen LogP contribution < -0.4 is 4.74 Å². The van der Waals surface area contributed by atoms with Gasteiger partial charge in [0.2, 0.25) is 0 Å². The first-order valence-corrected chi connectivity index (χ1v) is 5.07. The Kier molecular flexibility index (Phi) is 4.47. The second-order valence-electron chi connectivity index (χ2n) is 3.13. The standard InChI is InChI=1S/C12H18O2/c1-4-12(13-3)10-6-8-11(9-7-10)14-5-2/h6-9,12H,4-5H2,1-3H3. The molecule has 1 rings (SSSR count). The number of hydrogen-bond donors (Lipinski definition) is 0. The quantitative estimate of drug-likeness (QED) is 0.716. The minimum Gasteiger partial charge on any atom is -0.494 e. The van der Waals surface area contributed by atoms with Crippen LogP contribution in [0.5, 0.6) is 5.75 Å². The molecule has 0 aliphatic heterocycles. The lowest BCUT2D eigenvalue weighted by molar-refractivity contribution is 0.1000. The van der Waals surface area contributed by atoms with E-state index in [2.05, 4.69) is 19.1 Å². The first kappa shape index (κ1) is 11.1. The predicted octanol–water partition coefficient (Wildman–Crippen LogP) is 3.18. The SMILES string of the molecule is CCOc1ccc(C(CC)OC)cc1. The highest BCUT2D eigenvalue weighted by Gasteiger charge is 2.06. The number of benzene rings is 1. The van der Waals surface area contributed by atoms with Crippen molar-refractivity contribution in [3.05, 3.63) is 29.8 Å². The van der Waals surface area contributed by atoms with Crippen LogP contribution in [-0.4, -0.2) is 13.7 Å². The van der Waals surface area contributed by atoms with E-state index in [1.807, 2.05) is 19.1 Å². The third kappa shape index (κ3) is 2.74. The van der Waals surface area contributed by atoms with Crippen LogP contribution in [0.15, 0.2) is 24.3 Å². The molecule has 2 nitrogen and oxygen atoms in total. The monoisotopic (exact) mass is 194 g/mol. The van der Waals surface area contributed by atoms with E-state index >= 15 is 0 Å². The Morgan fingerprint density at radius 1 is 1.14 bits per heavy atom. The van der Waals surface area contributed by atoms with Crippen LogP contribution in [0.2, 0.25) is 0 Å². The van der Waals surface area contributed by atoms with Gasteiger partial charge in [-0.05, 0) is 31.0 Å². The lowest BCUT2D eigenvalue weighted by Crippen LogP contribution is -1.99. The Bertz CT molecular complexity index is 250. The normalized spacial score (nSPS) is 12.5. The first-order chi connectivity index (χ1) is 6.81. The van der Waals surface area contributed by atoms with Crippen molar-refractivity contribution < 1.29 is 9.47 Å². The van der Waals surface area contributed by atoms with Crippen molar-refractivity contribution in [1.29, 1.82) is 0 Å². The molecule has 0 aliphatic carbocycles. The van der Waals surface area contributed by atoms with Crippen molar-refractivity contribution in [3.8, 4) is 5.75 Å². The van der Waals surface area contributed by atoms with E-state index in [9.17, 15) is 0 Å². The lowest BCUT2D eigenvalue weighted by Gasteiger charge is -2.13. The molecule has 0 bridgehead atoms. The smallest absolute Gasteiger partial charge is 0.119 e. The Hall–Kier alpha value is -1.02. The van der Waals surface area contributed by atoms with Gasteiger partial charge in [0.25, 0.3) is 0 Å². The van der Waals surface area contributed by atoms with Crippen LogP contribution in [0.3, 0.4) is 0 Å². The van der Waals surface area contributed by atoms with Crippen LogP contribution in [0, 0.1) is 0 Å². The second-order valence-corrected chi connectivity index (χ2v) is 3.13. The van der Waals surface area contributed by atoms with Crippen LogP contribution in [0.1, 0.15) is 31.9 Å². The van der Waals surface area contributed by atoms with E-state index in [1.54, 1.807) is 7.11 Å². The molecular weight excluding hydrogens is 176 g/mol. The zero-order valence-corrected chi connectivity index (χ0v) is 9.12. The molecule has 1 atom stereocenters. The van der Waals surface area contributed by atoms with Crippen LogP contribution >= 0.6 is 0 Å². The van der Waals surface area contributed by atoms with Crippen molar-refractivity contribution in [2.24, 2.45) is 0 Å². The van der Waals surface area contributed by atoms with Crippen molar-refractivity contribution in [2.75, 3.05) is 13.7 Å². The Morgan fingerprint density at radius 2 is 1.79 bits per heavy atom. The third-order valence-electron chi connectivity index (χ3n) is 2.22. The average Bonchev–Trinajstić information content (AvgIpc) is 2.23.